The third-order valence-corrected chi connectivity index (χ3v) is 7.76. The minimum absolute atomic E-state index is 0.0145. The maximum atomic E-state index is 13.1. The second-order valence-electron chi connectivity index (χ2n) is 6.78. The molecule has 0 bridgehead atoms. The Balaban J connectivity index is 1.80. The summed E-state index contributed by atoms with van der Waals surface area (Å²) in [5, 5.41) is 6.13. The summed E-state index contributed by atoms with van der Waals surface area (Å²) in [6.45, 7) is 0.439. The van der Waals surface area contributed by atoms with Crippen molar-refractivity contribution < 1.29 is 13.2 Å². The van der Waals surface area contributed by atoms with E-state index in [2.05, 4.69) is 10.4 Å². The molecular formula is C18H19Cl3N4O4S. The molecule has 0 aliphatic carbocycles. The van der Waals surface area contributed by atoms with Crippen molar-refractivity contribution in [3.8, 4) is 0 Å². The van der Waals surface area contributed by atoms with E-state index in [0.29, 0.717) is 13.1 Å². The normalized spacial score (nSPS) is 15.6. The molecule has 0 spiro atoms. The highest BCUT2D eigenvalue weighted by molar-refractivity contribution is 7.89. The topological polar surface area (TPSA) is 101 Å². The number of nitrogens with one attached hydrogen (secondary N) is 1. The molecule has 0 saturated carbocycles. The predicted octanol–water partition coefficient (Wildman–Crippen LogP) is 3.41. The number of amides is 1. The largest absolute Gasteiger partial charge is 0.324 e. The molecule has 1 aliphatic rings. The van der Waals surface area contributed by atoms with Crippen LogP contribution in [0, 0.1) is 0 Å². The van der Waals surface area contributed by atoms with Gasteiger partial charge in [0.25, 0.3) is 5.56 Å². The van der Waals surface area contributed by atoms with Crippen molar-refractivity contribution in [3.63, 3.8) is 0 Å². The van der Waals surface area contributed by atoms with E-state index < -0.39 is 28.0 Å². The molecule has 0 radical (unpaired) electrons. The highest BCUT2D eigenvalue weighted by Gasteiger charge is 2.27. The SMILES string of the molecule is O=C(Cn1ncc(Cl)c(Cl)c1=O)Nc1ccc(Cl)c(S(=O)(=O)N2CCCCCC2)c1. The maximum Gasteiger partial charge on any atom is 0.287 e. The van der Waals surface area contributed by atoms with E-state index in [1.807, 2.05) is 0 Å². The van der Waals surface area contributed by atoms with Gasteiger partial charge in [0, 0.05) is 18.8 Å². The van der Waals surface area contributed by atoms with E-state index in [0.717, 1.165) is 36.6 Å². The van der Waals surface area contributed by atoms with Gasteiger partial charge < -0.3 is 5.32 Å². The molecule has 1 N–H and O–H groups in total. The van der Waals surface area contributed by atoms with Gasteiger partial charge in [0.15, 0.2) is 0 Å². The summed E-state index contributed by atoms with van der Waals surface area (Å²) < 4.78 is 28.4. The summed E-state index contributed by atoms with van der Waals surface area (Å²) in [5.74, 6) is -0.594. The zero-order chi connectivity index (χ0) is 21.9. The molecule has 8 nitrogen and oxygen atoms in total. The number of hydrogen-bond donors (Lipinski definition) is 1. The summed E-state index contributed by atoms with van der Waals surface area (Å²) in [6.07, 6.45) is 4.71. The van der Waals surface area contributed by atoms with Crippen molar-refractivity contribution in [1.29, 1.82) is 0 Å². The fourth-order valence-electron chi connectivity index (χ4n) is 3.09. The second-order valence-corrected chi connectivity index (χ2v) is 9.88. The molecule has 2 aromatic rings. The number of halogens is 3. The van der Waals surface area contributed by atoms with E-state index in [-0.39, 0.29) is 25.7 Å². The van der Waals surface area contributed by atoms with Crippen LogP contribution in [0.1, 0.15) is 25.7 Å². The molecule has 1 aromatic heterocycles. The van der Waals surface area contributed by atoms with Crippen molar-refractivity contribution in [3.05, 3.63) is 49.8 Å². The number of carbonyl (C=O) groups is 1. The van der Waals surface area contributed by atoms with Gasteiger partial charge >= 0.3 is 0 Å². The Kier molecular flexibility index (Phi) is 7.41. The molecule has 1 aliphatic heterocycles. The number of hydrogen-bond acceptors (Lipinski definition) is 5. The van der Waals surface area contributed by atoms with Crippen LogP contribution in [0.2, 0.25) is 15.1 Å². The van der Waals surface area contributed by atoms with E-state index in [9.17, 15) is 18.0 Å². The number of benzene rings is 1. The van der Waals surface area contributed by atoms with Crippen LogP contribution in [0.3, 0.4) is 0 Å². The molecular weight excluding hydrogens is 475 g/mol. The lowest BCUT2D eigenvalue weighted by Gasteiger charge is -2.21. The number of carbonyl (C=O) groups excluding carboxylic acids is 1. The number of nitrogens with zero attached hydrogens (tertiary/aromatic N) is 3. The molecule has 30 heavy (non-hydrogen) atoms. The van der Waals surface area contributed by atoms with Gasteiger partial charge in [0.1, 0.15) is 16.5 Å². The first kappa shape index (κ1) is 23.0. The number of rotatable bonds is 5. The van der Waals surface area contributed by atoms with Gasteiger partial charge in [-0.3, -0.25) is 9.59 Å². The lowest BCUT2D eigenvalue weighted by molar-refractivity contribution is -0.117. The number of sulfonamides is 1. The maximum absolute atomic E-state index is 13.1. The van der Waals surface area contributed by atoms with Crippen molar-refractivity contribution >= 4 is 56.4 Å². The average molecular weight is 494 g/mol. The molecule has 12 heteroatoms. The van der Waals surface area contributed by atoms with Crippen molar-refractivity contribution in [2.45, 2.75) is 37.1 Å². The summed E-state index contributed by atoms with van der Waals surface area (Å²) in [4.78, 5) is 24.3. The third kappa shape index (κ3) is 5.15. The average Bonchev–Trinajstić information content (AvgIpc) is 3.00. The van der Waals surface area contributed by atoms with Crippen LogP contribution in [0.25, 0.3) is 0 Å². The Morgan fingerprint density at radius 1 is 1.07 bits per heavy atom. The fraction of sp³-hybridized carbons (Fsp3) is 0.389. The summed E-state index contributed by atoms with van der Waals surface area (Å²) in [5.41, 5.74) is -0.481. The van der Waals surface area contributed by atoms with Gasteiger partial charge in [-0.25, -0.2) is 13.1 Å². The molecule has 3 rings (SSSR count). The van der Waals surface area contributed by atoms with Crippen LogP contribution in [0.5, 0.6) is 0 Å². The smallest absolute Gasteiger partial charge is 0.287 e. The van der Waals surface area contributed by atoms with E-state index in [4.69, 9.17) is 34.8 Å². The van der Waals surface area contributed by atoms with Gasteiger partial charge in [0.05, 0.1) is 16.2 Å². The van der Waals surface area contributed by atoms with Crippen molar-refractivity contribution in [2.24, 2.45) is 0 Å². The molecule has 0 unspecified atom stereocenters. The van der Waals surface area contributed by atoms with Crippen LogP contribution in [-0.2, 0) is 21.4 Å². The van der Waals surface area contributed by atoms with Gasteiger partial charge in [-0.15, -0.1) is 0 Å². The standard InChI is InChI=1S/C18H19Cl3N4O4S/c19-13-6-5-12(9-15(13)30(28,29)24-7-3-1-2-4-8-24)23-16(26)11-25-18(27)17(21)14(20)10-22-25/h5-6,9-10H,1-4,7-8,11H2,(H,23,26). The Morgan fingerprint density at radius 3 is 2.40 bits per heavy atom. The monoisotopic (exact) mass is 492 g/mol. The van der Waals surface area contributed by atoms with Crippen LogP contribution >= 0.6 is 34.8 Å². The Bertz CT molecular complexity index is 1110. The van der Waals surface area contributed by atoms with Crippen molar-refractivity contribution in [1.82, 2.24) is 14.1 Å². The molecule has 1 aromatic carbocycles. The molecule has 1 amide bonds. The van der Waals surface area contributed by atoms with Gasteiger partial charge in [0.2, 0.25) is 15.9 Å². The van der Waals surface area contributed by atoms with E-state index in [1.165, 1.54) is 22.5 Å². The minimum atomic E-state index is -3.80. The van der Waals surface area contributed by atoms with Crippen LogP contribution in [0.15, 0.2) is 34.1 Å². The van der Waals surface area contributed by atoms with Crippen LogP contribution in [-0.4, -0.2) is 41.5 Å². The first-order valence-corrected chi connectivity index (χ1v) is 11.8. The first-order valence-electron chi connectivity index (χ1n) is 9.21. The zero-order valence-electron chi connectivity index (χ0n) is 15.8. The van der Waals surface area contributed by atoms with Crippen LogP contribution < -0.4 is 10.9 Å². The molecule has 162 valence electrons. The zero-order valence-corrected chi connectivity index (χ0v) is 18.9. The van der Waals surface area contributed by atoms with E-state index >= 15 is 0 Å². The van der Waals surface area contributed by atoms with Crippen LogP contribution in [0.4, 0.5) is 5.69 Å². The predicted molar refractivity (Wildman–Crippen MR) is 116 cm³/mol. The Morgan fingerprint density at radius 2 is 1.73 bits per heavy atom. The number of anilines is 1. The van der Waals surface area contributed by atoms with Gasteiger partial charge in [-0.05, 0) is 31.0 Å². The quantitative estimate of drug-likeness (QED) is 0.688. The molecule has 1 saturated heterocycles. The third-order valence-electron chi connectivity index (χ3n) is 4.63. The van der Waals surface area contributed by atoms with Crippen molar-refractivity contribution in [2.75, 3.05) is 18.4 Å². The minimum Gasteiger partial charge on any atom is -0.324 e. The lowest BCUT2D eigenvalue weighted by atomic mass is 10.2. The lowest BCUT2D eigenvalue weighted by Crippen LogP contribution is -2.32. The van der Waals surface area contributed by atoms with Gasteiger partial charge in [-0.1, -0.05) is 47.6 Å². The van der Waals surface area contributed by atoms with Gasteiger partial charge in [-0.2, -0.15) is 9.40 Å². The number of aromatic nitrogens is 2. The van der Waals surface area contributed by atoms with E-state index in [1.54, 1.807) is 0 Å². The summed E-state index contributed by atoms with van der Waals surface area (Å²) >= 11 is 17.7. The Labute approximate surface area is 188 Å². The molecule has 1 fully saturated rings. The summed E-state index contributed by atoms with van der Waals surface area (Å²) in [6, 6.07) is 4.20. The second kappa shape index (κ2) is 9.65. The molecule has 2 heterocycles. The fourth-order valence-corrected chi connectivity index (χ4v) is 5.38. The first-order chi connectivity index (χ1) is 14.2. The molecule has 0 atom stereocenters. The highest BCUT2D eigenvalue weighted by Crippen LogP contribution is 2.29. The summed E-state index contributed by atoms with van der Waals surface area (Å²) in [7, 11) is -3.80. The Hall–Kier alpha value is -1.65. The highest BCUT2D eigenvalue weighted by atomic mass is 35.5.